The highest BCUT2D eigenvalue weighted by atomic mass is 32.1. The maximum Gasteiger partial charge on any atom is 0.261 e. The van der Waals surface area contributed by atoms with Crippen molar-refractivity contribution in [2.24, 2.45) is 0 Å². The van der Waals surface area contributed by atoms with Gasteiger partial charge in [0.1, 0.15) is 17.2 Å². The van der Waals surface area contributed by atoms with Crippen LogP contribution in [0.25, 0.3) is 27.0 Å². The van der Waals surface area contributed by atoms with Crippen molar-refractivity contribution in [2.45, 2.75) is 6.54 Å². The summed E-state index contributed by atoms with van der Waals surface area (Å²) < 4.78 is 23.0. The molecule has 2 aromatic heterocycles. The van der Waals surface area contributed by atoms with Gasteiger partial charge in [-0.05, 0) is 71.9 Å². The fraction of sp³-hybridized carbons (Fsp3) is 0.0833. The zero-order chi connectivity index (χ0) is 21.5. The monoisotopic (exact) mass is 448 g/mol. The molecule has 0 aliphatic rings. The third kappa shape index (κ3) is 3.36. The van der Waals surface area contributed by atoms with Crippen LogP contribution in [-0.2, 0) is 6.54 Å². The van der Waals surface area contributed by atoms with E-state index in [2.05, 4.69) is 0 Å². The molecule has 0 N–H and O–H groups in total. The molecule has 0 amide bonds. The third-order valence-corrected chi connectivity index (χ3v) is 6.68. The van der Waals surface area contributed by atoms with E-state index in [1.807, 2.05) is 52.9 Å². The molecular weight excluding hydrogens is 431 g/mol. The predicted octanol–water partition coefficient (Wildman–Crippen LogP) is 5.91. The maximum absolute atomic E-state index is 13.5. The van der Waals surface area contributed by atoms with E-state index in [1.54, 1.807) is 23.8 Å². The molecule has 0 spiro atoms. The molecule has 0 fully saturated rings. The summed E-state index contributed by atoms with van der Waals surface area (Å²) in [6.07, 6.45) is 0. The molecule has 154 valence electrons. The Morgan fingerprint density at radius 3 is 2.42 bits per heavy atom. The van der Waals surface area contributed by atoms with Gasteiger partial charge in [0.2, 0.25) is 0 Å². The van der Waals surface area contributed by atoms with E-state index in [1.165, 1.54) is 23.5 Å². The summed E-state index contributed by atoms with van der Waals surface area (Å²) >= 11 is 7.19. The van der Waals surface area contributed by atoms with Gasteiger partial charge in [0.15, 0.2) is 3.95 Å². The summed E-state index contributed by atoms with van der Waals surface area (Å²) in [5, 5.41) is 0.590. The minimum atomic E-state index is -0.309. The van der Waals surface area contributed by atoms with Crippen LogP contribution in [0.15, 0.2) is 77.6 Å². The third-order valence-electron chi connectivity index (χ3n) is 5.27. The SMILES string of the molecule is COc1ccc(-c2sc(=S)n3c4ccccc4c(=O)n(Cc4ccc(F)cc4)c23)cc1. The first-order chi connectivity index (χ1) is 15.1. The topological polar surface area (TPSA) is 35.6 Å². The van der Waals surface area contributed by atoms with Crippen molar-refractivity contribution < 1.29 is 9.13 Å². The molecule has 0 atom stereocenters. The Kier molecular flexibility index (Phi) is 4.92. The normalized spacial score (nSPS) is 11.3. The molecule has 0 saturated carbocycles. The van der Waals surface area contributed by atoms with Crippen LogP contribution in [0, 0.1) is 9.77 Å². The van der Waals surface area contributed by atoms with Crippen molar-refractivity contribution >= 4 is 40.1 Å². The molecule has 2 heterocycles. The fourth-order valence-corrected chi connectivity index (χ4v) is 5.20. The van der Waals surface area contributed by atoms with Crippen LogP contribution in [0.1, 0.15) is 5.56 Å². The van der Waals surface area contributed by atoms with Crippen LogP contribution in [0.4, 0.5) is 4.39 Å². The van der Waals surface area contributed by atoms with Crippen LogP contribution in [-0.4, -0.2) is 16.1 Å². The molecular formula is C24H17FN2O2S2. The lowest BCUT2D eigenvalue weighted by Crippen LogP contribution is -2.23. The minimum Gasteiger partial charge on any atom is -0.497 e. The van der Waals surface area contributed by atoms with Gasteiger partial charge in [0, 0.05) is 0 Å². The second-order valence-corrected chi connectivity index (χ2v) is 8.76. The molecule has 0 radical (unpaired) electrons. The van der Waals surface area contributed by atoms with Gasteiger partial charge in [0.25, 0.3) is 5.56 Å². The summed E-state index contributed by atoms with van der Waals surface area (Å²) in [5.74, 6) is 0.446. The first kappa shape index (κ1) is 19.7. The van der Waals surface area contributed by atoms with E-state index in [-0.39, 0.29) is 11.4 Å². The Bertz CT molecular complexity index is 1530. The van der Waals surface area contributed by atoms with Gasteiger partial charge < -0.3 is 4.74 Å². The van der Waals surface area contributed by atoms with Gasteiger partial charge in [-0.15, -0.1) is 11.3 Å². The molecule has 0 unspecified atom stereocenters. The van der Waals surface area contributed by atoms with E-state index in [0.717, 1.165) is 32.9 Å². The summed E-state index contributed by atoms with van der Waals surface area (Å²) in [5.41, 5.74) is 3.18. The van der Waals surface area contributed by atoms with Crippen LogP contribution in [0.3, 0.4) is 0 Å². The highest BCUT2D eigenvalue weighted by Crippen LogP contribution is 2.34. The average Bonchev–Trinajstić information content (AvgIpc) is 3.15. The first-order valence-corrected chi connectivity index (χ1v) is 10.9. The van der Waals surface area contributed by atoms with Gasteiger partial charge >= 0.3 is 0 Å². The van der Waals surface area contributed by atoms with Gasteiger partial charge in [-0.1, -0.05) is 24.3 Å². The van der Waals surface area contributed by atoms with E-state index in [4.69, 9.17) is 17.0 Å². The van der Waals surface area contributed by atoms with Crippen LogP contribution < -0.4 is 10.3 Å². The number of nitrogens with zero attached hydrogens (tertiary/aromatic N) is 2. The molecule has 0 aliphatic heterocycles. The zero-order valence-electron chi connectivity index (χ0n) is 16.5. The molecule has 5 aromatic rings. The lowest BCUT2D eigenvalue weighted by Gasteiger charge is -2.13. The number of ether oxygens (including phenoxy) is 1. The number of rotatable bonds is 4. The van der Waals surface area contributed by atoms with Gasteiger partial charge in [-0.25, -0.2) is 4.39 Å². The number of aromatic nitrogens is 2. The van der Waals surface area contributed by atoms with Crippen molar-refractivity contribution in [3.8, 4) is 16.2 Å². The fourth-order valence-electron chi connectivity index (χ4n) is 3.76. The van der Waals surface area contributed by atoms with Crippen LogP contribution >= 0.6 is 23.6 Å². The molecule has 5 rings (SSSR count). The molecule has 4 nitrogen and oxygen atoms in total. The van der Waals surface area contributed by atoms with Crippen LogP contribution in [0.5, 0.6) is 5.75 Å². The van der Waals surface area contributed by atoms with Crippen molar-refractivity contribution in [1.82, 2.24) is 8.97 Å². The van der Waals surface area contributed by atoms with Gasteiger partial charge in [-0.3, -0.25) is 13.8 Å². The number of halogens is 1. The number of benzene rings is 3. The minimum absolute atomic E-state index is 0.109. The maximum atomic E-state index is 13.5. The number of fused-ring (bicyclic) bond motifs is 3. The number of para-hydroxylation sites is 1. The predicted molar refractivity (Wildman–Crippen MR) is 125 cm³/mol. The standard InChI is InChI=1S/C24H17FN2O2S2/c1-29-18-12-8-16(9-13-18)21-22-26(14-15-6-10-17(25)11-7-15)23(28)19-4-2-3-5-20(19)27(22)24(30)31-21/h2-13H,14H2,1H3. The van der Waals surface area contributed by atoms with Crippen molar-refractivity contribution in [3.63, 3.8) is 0 Å². The smallest absolute Gasteiger partial charge is 0.261 e. The van der Waals surface area contributed by atoms with Crippen molar-refractivity contribution in [2.75, 3.05) is 7.11 Å². The highest BCUT2D eigenvalue weighted by Gasteiger charge is 2.18. The molecule has 7 heteroatoms. The largest absolute Gasteiger partial charge is 0.497 e. The second-order valence-electron chi connectivity index (χ2n) is 7.12. The molecule has 0 aliphatic carbocycles. The Labute approximate surface area is 186 Å². The highest BCUT2D eigenvalue weighted by molar-refractivity contribution is 7.73. The number of thiazole rings is 1. The second kappa shape index (κ2) is 7.76. The Hall–Kier alpha value is -3.29. The Balaban J connectivity index is 1.85. The Morgan fingerprint density at radius 1 is 1.00 bits per heavy atom. The van der Waals surface area contributed by atoms with Crippen LogP contribution in [0.2, 0.25) is 0 Å². The quantitative estimate of drug-likeness (QED) is 0.321. The van der Waals surface area contributed by atoms with Crippen molar-refractivity contribution in [1.29, 1.82) is 0 Å². The molecule has 31 heavy (non-hydrogen) atoms. The van der Waals surface area contributed by atoms with E-state index < -0.39 is 0 Å². The van der Waals surface area contributed by atoms with Crippen molar-refractivity contribution in [3.05, 3.63) is 98.5 Å². The summed E-state index contributed by atoms with van der Waals surface area (Å²) in [6, 6.07) is 21.4. The zero-order valence-corrected chi connectivity index (χ0v) is 18.2. The van der Waals surface area contributed by atoms with E-state index in [9.17, 15) is 9.18 Å². The number of hydrogen-bond donors (Lipinski definition) is 0. The Morgan fingerprint density at radius 2 is 1.71 bits per heavy atom. The summed E-state index contributed by atoms with van der Waals surface area (Å²) in [7, 11) is 1.62. The summed E-state index contributed by atoms with van der Waals surface area (Å²) in [6.45, 7) is 0.308. The van der Waals surface area contributed by atoms with E-state index >= 15 is 0 Å². The number of methoxy groups -OCH3 is 1. The molecule has 3 aromatic carbocycles. The number of hydrogen-bond acceptors (Lipinski definition) is 4. The average molecular weight is 449 g/mol. The summed E-state index contributed by atoms with van der Waals surface area (Å²) in [4.78, 5) is 14.4. The molecule has 0 saturated heterocycles. The molecule has 0 bridgehead atoms. The van der Waals surface area contributed by atoms with Gasteiger partial charge in [0.05, 0.1) is 29.4 Å². The first-order valence-electron chi connectivity index (χ1n) is 9.63. The van der Waals surface area contributed by atoms with Gasteiger partial charge in [-0.2, -0.15) is 0 Å². The van der Waals surface area contributed by atoms with E-state index in [0.29, 0.717) is 15.9 Å². The lowest BCUT2D eigenvalue weighted by molar-refractivity contribution is 0.415. The lowest BCUT2D eigenvalue weighted by atomic mass is 10.1.